The lowest BCUT2D eigenvalue weighted by atomic mass is 9.96. The van der Waals surface area contributed by atoms with Crippen LogP contribution >= 0.6 is 7.60 Å². The predicted molar refractivity (Wildman–Crippen MR) is 127 cm³/mol. The summed E-state index contributed by atoms with van der Waals surface area (Å²) < 4.78 is 68.0. The number of aryl methyl sites for hydroxylation is 1. The van der Waals surface area contributed by atoms with Gasteiger partial charge in [-0.1, -0.05) is 38.5 Å². The highest BCUT2D eigenvalue weighted by molar-refractivity contribution is 7.86. The van der Waals surface area contributed by atoms with Gasteiger partial charge < -0.3 is 19.3 Å². The van der Waals surface area contributed by atoms with Gasteiger partial charge in [-0.2, -0.15) is 8.42 Å². The summed E-state index contributed by atoms with van der Waals surface area (Å²) in [5, 5.41) is 9.95. The number of carbonyl (C=O) groups excluding carboxylic acids is 1. The van der Waals surface area contributed by atoms with Crippen molar-refractivity contribution in [2.24, 2.45) is 10.8 Å². The molecule has 13 heteroatoms. The summed E-state index contributed by atoms with van der Waals surface area (Å²) in [6.45, 7) is 10.1. The Labute approximate surface area is 207 Å². The van der Waals surface area contributed by atoms with E-state index < -0.39 is 60.7 Å². The lowest BCUT2D eigenvalue weighted by Crippen LogP contribution is -2.29. The molecule has 0 saturated heterocycles. The maximum atomic E-state index is 13.0. The van der Waals surface area contributed by atoms with E-state index in [0.717, 1.165) is 5.56 Å². The largest absolute Gasteiger partial charge is 0.438 e. The first-order valence-electron chi connectivity index (χ1n) is 10.9. The van der Waals surface area contributed by atoms with Crippen molar-refractivity contribution in [3.05, 3.63) is 29.8 Å². The molecular formula is C22H37O11PS. The van der Waals surface area contributed by atoms with Crippen molar-refractivity contribution in [1.29, 1.82) is 0 Å². The number of carbonyl (C=O) groups is 1. The van der Waals surface area contributed by atoms with Crippen LogP contribution < -0.4 is 0 Å². The Hall–Kier alpha value is -1.37. The third-order valence-corrected chi connectivity index (χ3v) is 7.12. The van der Waals surface area contributed by atoms with Crippen molar-refractivity contribution >= 4 is 23.7 Å². The molecule has 0 aliphatic rings. The zero-order valence-corrected chi connectivity index (χ0v) is 23.0. The fourth-order valence-electron chi connectivity index (χ4n) is 2.07. The summed E-state index contributed by atoms with van der Waals surface area (Å²) in [5.74, 6) is -0.584. The van der Waals surface area contributed by atoms with Crippen LogP contribution in [0.1, 0.15) is 47.1 Å². The van der Waals surface area contributed by atoms with Crippen molar-refractivity contribution in [1.82, 2.24) is 0 Å². The number of benzene rings is 1. The summed E-state index contributed by atoms with van der Waals surface area (Å²) in [6, 6.07) is 6.13. The zero-order chi connectivity index (χ0) is 26.9. The number of ether oxygens (including phenoxy) is 3. The molecule has 1 rings (SSSR count). The fourth-order valence-corrected chi connectivity index (χ4v) is 3.97. The Bertz CT molecular complexity index is 947. The number of hydrogen-bond acceptors (Lipinski definition) is 11. The lowest BCUT2D eigenvalue weighted by molar-refractivity contribution is -0.193. The van der Waals surface area contributed by atoms with Crippen molar-refractivity contribution in [3.63, 3.8) is 0 Å². The van der Waals surface area contributed by atoms with Crippen molar-refractivity contribution in [2.75, 3.05) is 33.1 Å². The minimum absolute atomic E-state index is 0.00402. The molecule has 0 aliphatic carbocycles. The molecule has 0 radical (unpaired) electrons. The van der Waals surface area contributed by atoms with E-state index in [1.54, 1.807) is 53.7 Å². The number of hydrogen-bond donors (Lipinski definition) is 1. The highest BCUT2D eigenvalue weighted by Crippen LogP contribution is 2.48. The van der Waals surface area contributed by atoms with E-state index in [2.05, 4.69) is 0 Å². The number of rotatable bonds is 14. The Morgan fingerprint density at radius 1 is 1.00 bits per heavy atom. The van der Waals surface area contributed by atoms with Crippen LogP contribution in [-0.2, 0) is 46.9 Å². The second-order valence-electron chi connectivity index (χ2n) is 9.80. The molecule has 1 N–H and O–H groups in total. The topological polar surface area (TPSA) is 144 Å². The molecule has 35 heavy (non-hydrogen) atoms. The molecule has 2 unspecified atom stereocenters. The summed E-state index contributed by atoms with van der Waals surface area (Å²) in [6.07, 6.45) is -1.82. The number of aliphatic hydroxyl groups is 1. The average Bonchev–Trinajstić information content (AvgIpc) is 2.72. The Balaban J connectivity index is 2.63. The Morgan fingerprint density at radius 3 is 2.11 bits per heavy atom. The van der Waals surface area contributed by atoms with Gasteiger partial charge in [0.15, 0.2) is 13.1 Å². The fraction of sp³-hybridized carbons (Fsp3) is 0.682. The van der Waals surface area contributed by atoms with Crippen molar-refractivity contribution in [2.45, 2.75) is 59.7 Å². The Morgan fingerprint density at radius 2 is 1.57 bits per heavy atom. The molecule has 0 aromatic heterocycles. The first-order valence-corrected chi connectivity index (χ1v) is 14.0. The van der Waals surface area contributed by atoms with E-state index in [1.165, 1.54) is 12.1 Å². The predicted octanol–water partition coefficient (Wildman–Crippen LogP) is 3.79. The molecule has 202 valence electrons. The SMILES string of the molecule is Cc1ccc(S(=O)(=O)OCCOCP(=O)(OCOC(=O)C(C)(C)C)OCOC(O)C(C)(C)C)cc1. The second-order valence-corrected chi connectivity index (χ2v) is 13.4. The van der Waals surface area contributed by atoms with Gasteiger partial charge in [0.05, 0.1) is 23.5 Å². The molecule has 1 aromatic rings. The maximum Gasteiger partial charge on any atom is 0.361 e. The summed E-state index contributed by atoms with van der Waals surface area (Å²) in [7, 11) is -8.01. The van der Waals surface area contributed by atoms with Crippen molar-refractivity contribution in [3.8, 4) is 0 Å². The quantitative estimate of drug-likeness (QED) is 0.121. The number of esters is 1. The second kappa shape index (κ2) is 13.3. The third-order valence-electron chi connectivity index (χ3n) is 4.29. The van der Waals surface area contributed by atoms with Gasteiger partial charge in [-0.25, -0.2) is 0 Å². The van der Waals surface area contributed by atoms with Crippen LogP contribution in [0.3, 0.4) is 0 Å². The zero-order valence-electron chi connectivity index (χ0n) is 21.3. The van der Waals surface area contributed by atoms with Crippen LogP contribution in [0, 0.1) is 17.8 Å². The summed E-state index contributed by atoms with van der Waals surface area (Å²) >= 11 is 0. The Kier molecular flexibility index (Phi) is 12.0. The minimum Gasteiger partial charge on any atom is -0.438 e. The minimum atomic E-state index is -4.02. The molecule has 0 heterocycles. The van der Waals surface area contributed by atoms with Gasteiger partial charge >= 0.3 is 13.6 Å². The monoisotopic (exact) mass is 540 g/mol. The van der Waals surface area contributed by atoms with Crippen LogP contribution in [-0.4, -0.2) is 58.9 Å². The summed E-state index contributed by atoms with van der Waals surface area (Å²) in [4.78, 5) is 11.9. The first-order chi connectivity index (χ1) is 16.0. The first kappa shape index (κ1) is 31.7. The van der Waals surface area contributed by atoms with E-state index in [0.29, 0.717) is 0 Å². The molecule has 0 spiro atoms. The third kappa shape index (κ3) is 11.9. The molecule has 0 fully saturated rings. The van der Waals surface area contributed by atoms with Gasteiger partial charge in [0, 0.05) is 5.41 Å². The normalized spacial score (nSPS) is 15.4. The average molecular weight is 541 g/mol. The molecular weight excluding hydrogens is 503 g/mol. The van der Waals surface area contributed by atoms with E-state index >= 15 is 0 Å². The smallest absolute Gasteiger partial charge is 0.361 e. The standard InChI is InChI=1S/C22H37O11PS/c1-17-8-10-18(11-9-17)35(26,27)33-13-12-28-16-34(25,31-14-29-19(23)21(2,3)4)32-15-30-20(24)22(5,6)7/h8-11,19,23H,12-16H2,1-7H3. The number of aliphatic hydroxyl groups excluding tert-OH is 1. The lowest BCUT2D eigenvalue weighted by Gasteiger charge is -2.26. The molecule has 0 amide bonds. The van der Waals surface area contributed by atoms with Crippen LogP contribution in [0.15, 0.2) is 29.2 Å². The van der Waals surface area contributed by atoms with E-state index in [4.69, 9.17) is 27.4 Å². The van der Waals surface area contributed by atoms with Gasteiger partial charge in [0.1, 0.15) is 6.35 Å². The van der Waals surface area contributed by atoms with E-state index in [9.17, 15) is 22.9 Å². The van der Waals surface area contributed by atoms with E-state index in [1.807, 2.05) is 6.92 Å². The van der Waals surface area contributed by atoms with Gasteiger partial charge in [0.25, 0.3) is 10.1 Å². The van der Waals surface area contributed by atoms with Crippen LogP contribution in [0.25, 0.3) is 0 Å². The maximum absolute atomic E-state index is 13.0. The van der Waals surface area contributed by atoms with Gasteiger partial charge in [-0.05, 0) is 39.8 Å². The van der Waals surface area contributed by atoms with Gasteiger partial charge in [-0.3, -0.25) is 22.6 Å². The van der Waals surface area contributed by atoms with Crippen LogP contribution in [0.5, 0.6) is 0 Å². The van der Waals surface area contributed by atoms with E-state index in [-0.39, 0.29) is 18.1 Å². The molecule has 1 aromatic carbocycles. The molecule has 2 atom stereocenters. The van der Waals surface area contributed by atoms with Gasteiger partial charge in [-0.15, -0.1) is 0 Å². The highest BCUT2D eigenvalue weighted by Gasteiger charge is 2.30. The molecule has 0 aliphatic heterocycles. The summed E-state index contributed by atoms with van der Waals surface area (Å²) in [5.41, 5.74) is -0.520. The highest BCUT2D eigenvalue weighted by atomic mass is 32.2. The molecule has 11 nitrogen and oxygen atoms in total. The van der Waals surface area contributed by atoms with Gasteiger partial charge in [0.2, 0.25) is 6.79 Å². The molecule has 0 saturated carbocycles. The van der Waals surface area contributed by atoms with Crippen LogP contribution in [0.2, 0.25) is 0 Å². The van der Waals surface area contributed by atoms with Crippen molar-refractivity contribution < 1.29 is 50.3 Å². The molecule has 0 bridgehead atoms. The van der Waals surface area contributed by atoms with Crippen LogP contribution in [0.4, 0.5) is 0 Å².